The molecule has 0 saturated carbocycles. The van der Waals surface area contributed by atoms with Crippen LogP contribution in [0, 0.1) is 10.8 Å². The van der Waals surface area contributed by atoms with Crippen molar-refractivity contribution in [2.24, 2.45) is 11.5 Å². The number of halogens is 1. The topological polar surface area (TPSA) is 142 Å². The van der Waals surface area contributed by atoms with Crippen LogP contribution in [0.3, 0.4) is 0 Å². The Kier molecular flexibility index (Phi) is 12.0. The molecule has 0 aliphatic carbocycles. The average molecular weight is 435 g/mol. The SMILES string of the molecule is Cl.N=C(N)c1ccc(OCCCNCCNCCOc2ccc(C(=N)N)cc2)cc1. The Labute approximate surface area is 183 Å². The fourth-order valence-electron chi connectivity index (χ4n) is 2.52. The van der Waals surface area contributed by atoms with Gasteiger partial charge in [-0.05, 0) is 61.5 Å². The van der Waals surface area contributed by atoms with Crippen LogP contribution in [0.15, 0.2) is 48.5 Å². The average Bonchev–Trinajstić information content (AvgIpc) is 2.72. The molecule has 0 bridgehead atoms. The molecule has 0 unspecified atom stereocenters. The smallest absolute Gasteiger partial charge is 0.122 e. The molecule has 0 aliphatic rings. The van der Waals surface area contributed by atoms with Gasteiger partial charge in [0.1, 0.15) is 29.8 Å². The summed E-state index contributed by atoms with van der Waals surface area (Å²) in [6.07, 6.45) is 0.911. The number of ether oxygens (including phenoxy) is 2. The summed E-state index contributed by atoms with van der Waals surface area (Å²) in [5.41, 5.74) is 12.2. The molecule has 0 aromatic heterocycles. The Morgan fingerprint density at radius 3 is 1.57 bits per heavy atom. The van der Waals surface area contributed by atoms with Crippen LogP contribution in [0.4, 0.5) is 0 Å². The first-order valence-electron chi connectivity index (χ1n) is 9.62. The number of hydrogen-bond acceptors (Lipinski definition) is 6. The minimum absolute atomic E-state index is 0. The largest absolute Gasteiger partial charge is 0.494 e. The normalized spacial score (nSPS) is 10.1. The molecule has 0 amide bonds. The Bertz CT molecular complexity index is 703. The van der Waals surface area contributed by atoms with Crippen molar-refractivity contribution >= 4 is 24.1 Å². The maximum atomic E-state index is 7.36. The highest BCUT2D eigenvalue weighted by atomic mass is 35.5. The second kappa shape index (κ2) is 14.2. The molecule has 2 aromatic carbocycles. The van der Waals surface area contributed by atoms with Crippen molar-refractivity contribution in [1.82, 2.24) is 10.6 Å². The number of rotatable bonds is 14. The van der Waals surface area contributed by atoms with Crippen LogP contribution in [0.2, 0.25) is 0 Å². The molecule has 30 heavy (non-hydrogen) atoms. The molecule has 0 spiro atoms. The van der Waals surface area contributed by atoms with Crippen molar-refractivity contribution in [1.29, 1.82) is 10.8 Å². The van der Waals surface area contributed by atoms with Crippen LogP contribution in [0.25, 0.3) is 0 Å². The summed E-state index contributed by atoms with van der Waals surface area (Å²) in [5, 5.41) is 21.4. The number of nitrogens with two attached hydrogens (primary N) is 2. The van der Waals surface area contributed by atoms with Crippen LogP contribution in [0.5, 0.6) is 11.5 Å². The van der Waals surface area contributed by atoms with Crippen molar-refractivity contribution in [3.63, 3.8) is 0 Å². The highest BCUT2D eigenvalue weighted by Crippen LogP contribution is 2.12. The first-order chi connectivity index (χ1) is 14.1. The Balaban J connectivity index is 0.00000450. The molecular weight excluding hydrogens is 404 g/mol. The summed E-state index contributed by atoms with van der Waals surface area (Å²) in [7, 11) is 0. The minimum atomic E-state index is 0. The van der Waals surface area contributed by atoms with Gasteiger partial charge in [0.25, 0.3) is 0 Å². The van der Waals surface area contributed by atoms with E-state index in [1.54, 1.807) is 24.3 Å². The third-order valence-corrected chi connectivity index (χ3v) is 4.12. The molecule has 8 nitrogen and oxygen atoms in total. The van der Waals surface area contributed by atoms with E-state index in [-0.39, 0.29) is 24.1 Å². The molecule has 0 atom stereocenters. The molecule has 0 fully saturated rings. The van der Waals surface area contributed by atoms with Crippen LogP contribution in [-0.4, -0.2) is 51.1 Å². The summed E-state index contributed by atoms with van der Waals surface area (Å²) in [4.78, 5) is 0. The molecule has 8 N–H and O–H groups in total. The third-order valence-electron chi connectivity index (χ3n) is 4.12. The number of amidine groups is 2. The molecule has 0 radical (unpaired) electrons. The van der Waals surface area contributed by atoms with Gasteiger partial charge in [-0.25, -0.2) is 0 Å². The van der Waals surface area contributed by atoms with Crippen molar-refractivity contribution in [3.8, 4) is 11.5 Å². The molecule has 0 saturated heterocycles. The van der Waals surface area contributed by atoms with Gasteiger partial charge in [0.2, 0.25) is 0 Å². The molecule has 164 valence electrons. The van der Waals surface area contributed by atoms with Gasteiger partial charge >= 0.3 is 0 Å². The summed E-state index contributed by atoms with van der Waals surface area (Å²) >= 11 is 0. The van der Waals surface area contributed by atoms with Gasteiger partial charge in [-0.2, -0.15) is 0 Å². The van der Waals surface area contributed by atoms with E-state index in [1.165, 1.54) is 0 Å². The van der Waals surface area contributed by atoms with E-state index < -0.39 is 0 Å². The molecular formula is C21H31ClN6O2. The van der Waals surface area contributed by atoms with E-state index in [4.69, 9.17) is 31.8 Å². The monoisotopic (exact) mass is 434 g/mol. The van der Waals surface area contributed by atoms with E-state index >= 15 is 0 Å². The number of nitrogen functional groups attached to an aromatic ring is 2. The maximum Gasteiger partial charge on any atom is 0.122 e. The predicted molar refractivity (Wildman–Crippen MR) is 124 cm³/mol. The molecule has 2 rings (SSSR count). The fraction of sp³-hybridized carbons (Fsp3) is 0.333. The zero-order chi connectivity index (χ0) is 20.9. The van der Waals surface area contributed by atoms with Gasteiger partial charge in [0.15, 0.2) is 0 Å². The Morgan fingerprint density at radius 2 is 1.10 bits per heavy atom. The lowest BCUT2D eigenvalue weighted by Crippen LogP contribution is -2.30. The first kappa shape index (κ1) is 25.2. The van der Waals surface area contributed by atoms with Crippen LogP contribution in [-0.2, 0) is 0 Å². The van der Waals surface area contributed by atoms with E-state index in [0.717, 1.165) is 44.1 Å². The second-order valence-corrected chi connectivity index (χ2v) is 6.43. The lowest BCUT2D eigenvalue weighted by atomic mass is 10.2. The Hall–Kier alpha value is -2.81. The van der Waals surface area contributed by atoms with Gasteiger partial charge in [-0.3, -0.25) is 10.8 Å². The van der Waals surface area contributed by atoms with Crippen molar-refractivity contribution in [2.45, 2.75) is 6.42 Å². The quantitative estimate of drug-likeness (QED) is 0.152. The Morgan fingerprint density at radius 1 is 0.667 bits per heavy atom. The molecule has 9 heteroatoms. The van der Waals surface area contributed by atoms with Crippen LogP contribution in [0.1, 0.15) is 17.5 Å². The van der Waals surface area contributed by atoms with Gasteiger partial charge < -0.3 is 31.6 Å². The highest BCUT2D eigenvalue weighted by Gasteiger charge is 1.99. The molecule has 0 heterocycles. The van der Waals surface area contributed by atoms with Gasteiger partial charge in [-0.15, -0.1) is 12.4 Å². The molecule has 0 aliphatic heterocycles. The predicted octanol–water partition coefficient (Wildman–Crippen LogP) is 1.70. The lowest BCUT2D eigenvalue weighted by molar-refractivity contribution is 0.306. The summed E-state index contributed by atoms with van der Waals surface area (Å²) in [5.74, 6) is 1.67. The van der Waals surface area contributed by atoms with Crippen molar-refractivity contribution in [2.75, 3.05) is 39.4 Å². The van der Waals surface area contributed by atoms with Gasteiger partial charge in [0.05, 0.1) is 6.61 Å². The maximum absolute atomic E-state index is 7.36. The highest BCUT2D eigenvalue weighted by molar-refractivity contribution is 5.95. The second-order valence-electron chi connectivity index (χ2n) is 6.43. The van der Waals surface area contributed by atoms with Gasteiger partial charge in [0, 0.05) is 30.8 Å². The number of nitrogens with one attached hydrogen (secondary N) is 4. The summed E-state index contributed by atoms with van der Waals surface area (Å²) in [6, 6.07) is 14.4. The van der Waals surface area contributed by atoms with E-state index in [1.807, 2.05) is 24.3 Å². The molecule has 2 aromatic rings. The van der Waals surface area contributed by atoms with E-state index in [0.29, 0.717) is 24.3 Å². The summed E-state index contributed by atoms with van der Waals surface area (Å²) in [6.45, 7) is 4.59. The number of benzene rings is 2. The van der Waals surface area contributed by atoms with E-state index in [9.17, 15) is 0 Å². The first-order valence-corrected chi connectivity index (χ1v) is 9.62. The van der Waals surface area contributed by atoms with Gasteiger partial charge in [-0.1, -0.05) is 0 Å². The van der Waals surface area contributed by atoms with Crippen molar-refractivity contribution < 1.29 is 9.47 Å². The number of hydrogen-bond donors (Lipinski definition) is 6. The minimum Gasteiger partial charge on any atom is -0.494 e. The standard InChI is InChI=1S/C21H30N6O2.ClH/c22-20(23)16-2-6-18(7-3-16)28-14-1-10-26-11-12-27-13-15-29-19-8-4-17(5-9-19)21(24)25;/h2-9,26-27H,1,10-15H2,(H3,22,23)(H3,24,25);1H. The zero-order valence-electron chi connectivity index (χ0n) is 16.9. The van der Waals surface area contributed by atoms with Crippen LogP contribution < -0.4 is 31.6 Å². The lowest BCUT2D eigenvalue weighted by Gasteiger charge is -2.09. The fourth-order valence-corrected chi connectivity index (χ4v) is 2.52. The van der Waals surface area contributed by atoms with Crippen LogP contribution >= 0.6 is 12.4 Å². The van der Waals surface area contributed by atoms with E-state index in [2.05, 4.69) is 10.6 Å². The zero-order valence-corrected chi connectivity index (χ0v) is 17.8. The summed E-state index contributed by atoms with van der Waals surface area (Å²) < 4.78 is 11.3. The van der Waals surface area contributed by atoms with Crippen molar-refractivity contribution in [3.05, 3.63) is 59.7 Å². The third kappa shape index (κ3) is 9.60.